The van der Waals surface area contributed by atoms with Crippen molar-refractivity contribution in [2.45, 2.75) is 120 Å². The van der Waals surface area contributed by atoms with Crippen LogP contribution in [0.25, 0.3) is 33.2 Å². The predicted molar refractivity (Wildman–Crippen MR) is 323 cm³/mol. The molecule has 9 rings (SSSR count). The molecule has 1 unspecified atom stereocenters. The Bertz CT molecular complexity index is 3910. The summed E-state index contributed by atoms with van der Waals surface area (Å²) in [7, 11) is -3.23. The number of nitriles is 1. The average molecular weight is 1280 g/mol. The van der Waals surface area contributed by atoms with Gasteiger partial charge in [0.05, 0.1) is 36.3 Å². The topological polar surface area (TPSA) is 281 Å². The number of aryl methyl sites for hydroxylation is 1. The highest BCUT2D eigenvalue weighted by atomic mass is 32.2. The quantitative estimate of drug-likeness (QED) is 0.0121. The van der Waals surface area contributed by atoms with Gasteiger partial charge in [0.15, 0.2) is 0 Å². The number of hydrogen-bond donors (Lipinski definition) is 5. The van der Waals surface area contributed by atoms with Crippen molar-refractivity contribution in [3.05, 3.63) is 131 Å². The van der Waals surface area contributed by atoms with E-state index in [1.165, 1.54) is 19.4 Å². The first-order valence-electron chi connectivity index (χ1n) is 28.9. The minimum Gasteiger partial charge on any atom is -0.480 e. The van der Waals surface area contributed by atoms with E-state index >= 15 is 0 Å². The van der Waals surface area contributed by atoms with Crippen molar-refractivity contribution in [1.82, 2.24) is 40.7 Å². The van der Waals surface area contributed by atoms with Crippen LogP contribution in [0.1, 0.15) is 88.1 Å². The van der Waals surface area contributed by atoms with Crippen LogP contribution in [0, 0.1) is 34.3 Å². The summed E-state index contributed by atoms with van der Waals surface area (Å²) in [5.74, 6) is -8.95. The molecule has 4 atom stereocenters. The van der Waals surface area contributed by atoms with E-state index in [9.17, 15) is 60.0 Å². The van der Waals surface area contributed by atoms with Crippen molar-refractivity contribution in [2.24, 2.45) is 11.3 Å². The molecule has 6 aromatic rings. The van der Waals surface area contributed by atoms with Crippen molar-refractivity contribution >= 4 is 74.7 Å². The number of carbonyl (C=O) groups excluding carboxylic acids is 6. The zero-order valence-electron chi connectivity index (χ0n) is 49.6. The number of rotatable bonds is 25. The number of benzene rings is 3. The second-order valence-electron chi connectivity index (χ2n) is 23.2. The van der Waals surface area contributed by atoms with Gasteiger partial charge in [0.2, 0.25) is 35.4 Å². The number of pyridine rings is 3. The highest BCUT2D eigenvalue weighted by molar-refractivity contribution is 7.92. The first-order chi connectivity index (χ1) is 42.7. The number of amides is 5. The fourth-order valence-electron chi connectivity index (χ4n) is 10.9. The number of anilines is 1. The number of esters is 1. The normalized spacial score (nSPS) is 17.6. The molecule has 27 heteroatoms. The van der Waals surface area contributed by atoms with Gasteiger partial charge in [-0.3, -0.25) is 43.5 Å². The molecule has 5 amide bonds. The number of methoxy groups -OCH3 is 1. The number of alkyl halides is 2. The van der Waals surface area contributed by atoms with Gasteiger partial charge in [0, 0.05) is 106 Å². The van der Waals surface area contributed by atoms with Crippen molar-refractivity contribution in [1.29, 1.82) is 5.26 Å². The summed E-state index contributed by atoms with van der Waals surface area (Å²) in [5.41, 5.74) is 5.38. The summed E-state index contributed by atoms with van der Waals surface area (Å²) in [6.45, 7) is 5.20. The Morgan fingerprint density at radius 1 is 0.889 bits per heavy atom. The highest BCUT2D eigenvalue weighted by Gasteiger charge is 2.50. The smallest absolute Gasteiger partial charge is 0.311 e. The molecule has 2 fully saturated rings. The van der Waals surface area contributed by atoms with E-state index in [-0.39, 0.29) is 107 Å². The molecule has 21 nitrogen and oxygen atoms in total. The molecule has 3 aromatic heterocycles. The van der Waals surface area contributed by atoms with Crippen molar-refractivity contribution in [3.63, 3.8) is 0 Å². The number of hydrogen-bond acceptors (Lipinski definition) is 16. The van der Waals surface area contributed by atoms with E-state index in [1.807, 2.05) is 36.4 Å². The van der Waals surface area contributed by atoms with Crippen molar-refractivity contribution < 1.29 is 69.0 Å². The van der Waals surface area contributed by atoms with E-state index in [1.54, 1.807) is 62.3 Å². The molecule has 3 aliphatic heterocycles. The van der Waals surface area contributed by atoms with Gasteiger partial charge in [-0.05, 0) is 117 Å². The summed E-state index contributed by atoms with van der Waals surface area (Å²) in [5, 5.41) is 18.2. The number of carbonyl (C=O) groups is 6. The van der Waals surface area contributed by atoms with Crippen LogP contribution in [-0.2, 0) is 74.4 Å². The Morgan fingerprint density at radius 3 is 2.36 bits per heavy atom. The molecule has 6 heterocycles. The molecule has 0 spiro atoms. The summed E-state index contributed by atoms with van der Waals surface area (Å²) in [6, 6.07) is 19.3. The molecule has 3 aromatic carbocycles. The Hall–Kier alpha value is -8.74. The summed E-state index contributed by atoms with van der Waals surface area (Å²) >= 11 is 4.63. The molecular weight excluding hydrogens is 1210 g/mol. The van der Waals surface area contributed by atoms with Crippen LogP contribution in [0.5, 0.6) is 5.88 Å². The van der Waals surface area contributed by atoms with Gasteiger partial charge in [-0.15, -0.1) is 12.6 Å². The highest BCUT2D eigenvalue weighted by Crippen LogP contribution is 2.37. The second kappa shape index (κ2) is 27.6. The maximum absolute atomic E-state index is 14.5. The Morgan fingerprint density at radius 2 is 1.63 bits per heavy atom. The predicted octanol–water partition coefficient (Wildman–Crippen LogP) is 7.71. The zero-order valence-corrected chi connectivity index (χ0v) is 51.3. The molecule has 474 valence electrons. The molecule has 4 N–H and O–H groups in total. The van der Waals surface area contributed by atoms with Crippen LogP contribution < -0.4 is 25.4 Å². The lowest BCUT2D eigenvalue weighted by atomic mass is 9.90. The van der Waals surface area contributed by atoms with E-state index < -0.39 is 91.6 Å². The van der Waals surface area contributed by atoms with E-state index in [0.29, 0.717) is 34.8 Å². The first kappa shape index (κ1) is 65.7. The lowest BCUT2D eigenvalue weighted by Crippen LogP contribution is -2.46. The standard InChI is InChI=1S/C63H66F4N10O11S2/c1-61(2,60(83)87-35-44-12-8-39(31-72-44)46-17-20-69-50-13-9-38(24-47(46)50)42-26-51(58(86-4)73-32-42)75-90(84,85)53-14-11-43(64)28-49(53)65)19-23-88-62(3,89)18-16-55(79)71-22-21-70-54(78)15-10-37-6-5-7-40-33-76(34-48(37)40)56(80)27-41-25-52(74-57(41)81)59(82)77-36-63(66,67)29-45(77)30-68/h5-9,11-14,17,20,24,26,28,31-32,41,45,52,75,89H,10,15-16,18-19,21-23,25,27,29,33-36H2,1-4H3,(H,70,78)(H,71,79)(H,74,81)/t41-,45-,52-,62?/m0/s1. The number of ether oxygens (including phenoxy) is 3. The lowest BCUT2D eigenvalue weighted by Gasteiger charge is -2.27. The van der Waals surface area contributed by atoms with E-state index in [0.717, 1.165) is 50.2 Å². The number of aromatic nitrogens is 3. The molecule has 3 aliphatic rings. The molecule has 2 saturated heterocycles. The van der Waals surface area contributed by atoms with Gasteiger partial charge >= 0.3 is 5.97 Å². The average Bonchev–Trinajstić information content (AvgIpc) is 1.08. The summed E-state index contributed by atoms with van der Waals surface area (Å²) < 4.78 is 102. The summed E-state index contributed by atoms with van der Waals surface area (Å²) in [6.07, 6.45) is 4.88. The van der Waals surface area contributed by atoms with Crippen LogP contribution in [0.3, 0.4) is 0 Å². The van der Waals surface area contributed by atoms with Crippen molar-refractivity contribution in [3.8, 4) is 34.2 Å². The third-order valence-electron chi connectivity index (χ3n) is 16.0. The number of likely N-dealkylation sites (tertiary alicyclic amines) is 1. The maximum atomic E-state index is 14.5. The fourth-order valence-corrected chi connectivity index (χ4v) is 12.2. The van der Waals surface area contributed by atoms with Crippen LogP contribution in [0.15, 0.2) is 102 Å². The monoisotopic (exact) mass is 1280 g/mol. The fraction of sp³-hybridized carbons (Fsp3) is 0.397. The van der Waals surface area contributed by atoms with E-state index in [2.05, 4.69) is 48.3 Å². The van der Waals surface area contributed by atoms with Gasteiger partial charge in [0.1, 0.15) is 45.8 Å². The van der Waals surface area contributed by atoms with Crippen LogP contribution >= 0.6 is 12.6 Å². The van der Waals surface area contributed by atoms with Crippen LogP contribution in [0.2, 0.25) is 0 Å². The van der Waals surface area contributed by atoms with Crippen LogP contribution in [-0.4, -0.2) is 125 Å². The van der Waals surface area contributed by atoms with Gasteiger partial charge in [0.25, 0.3) is 15.9 Å². The first-order valence-corrected chi connectivity index (χ1v) is 30.8. The Kier molecular flexibility index (Phi) is 20.1. The molecule has 0 radical (unpaired) electrons. The SMILES string of the molecule is COc1ncc(-c2ccc3nccc(-c4ccc(COC(=O)C(C)(C)CCOC(C)(S)CCC(=O)NCCNC(=O)CCc5cccc6c5CN(C(=O)C[C@@H]5C[C@@H](C(=O)N7CC(F)(F)C[C@H]7C#N)NC5=O)C6)nc4)c3c2)cc1NS(=O)(=O)c1ccc(F)cc1F. The third kappa shape index (κ3) is 16.0. The van der Waals surface area contributed by atoms with Gasteiger partial charge in [-0.1, -0.05) is 30.3 Å². The second-order valence-corrected chi connectivity index (χ2v) is 25.8. The third-order valence-corrected chi connectivity index (χ3v) is 17.7. The lowest BCUT2D eigenvalue weighted by molar-refractivity contribution is -0.157. The van der Waals surface area contributed by atoms with Gasteiger partial charge in [-0.2, -0.15) is 5.26 Å². The number of halogens is 4. The number of nitrogens with one attached hydrogen (secondary N) is 4. The number of nitrogens with zero attached hydrogens (tertiary/aromatic N) is 6. The molecule has 0 saturated carbocycles. The van der Waals surface area contributed by atoms with E-state index in [4.69, 9.17) is 14.2 Å². The largest absolute Gasteiger partial charge is 0.480 e. The number of thiol groups is 1. The molecular formula is C63H66F4N10O11S2. The number of fused-ring (bicyclic) bond motifs is 2. The van der Waals surface area contributed by atoms with Crippen LogP contribution in [0.4, 0.5) is 23.2 Å². The summed E-state index contributed by atoms with van der Waals surface area (Å²) in [4.78, 5) is 92.2. The van der Waals surface area contributed by atoms with Gasteiger partial charge in [-0.25, -0.2) is 31.0 Å². The molecule has 90 heavy (non-hydrogen) atoms. The minimum absolute atomic E-state index is 0.0565. The zero-order chi connectivity index (χ0) is 64.7. The van der Waals surface area contributed by atoms with Gasteiger partial charge < -0.3 is 40.0 Å². The number of sulfonamides is 1. The minimum atomic E-state index is -4.52. The Labute approximate surface area is 522 Å². The molecule has 0 bridgehead atoms. The molecule has 0 aliphatic carbocycles. The van der Waals surface area contributed by atoms with Crippen molar-refractivity contribution in [2.75, 3.05) is 38.1 Å². The maximum Gasteiger partial charge on any atom is 0.311 e. The Balaban J connectivity index is 0.665.